The number of rotatable bonds is 7. The van der Waals surface area contributed by atoms with E-state index in [1.165, 1.54) is 11.3 Å². The second-order valence-electron chi connectivity index (χ2n) is 6.43. The molecule has 134 valence electrons. The predicted octanol–water partition coefficient (Wildman–Crippen LogP) is 4.10. The quantitative estimate of drug-likeness (QED) is 0.710. The Balaban J connectivity index is 1.51. The van der Waals surface area contributed by atoms with Gasteiger partial charge in [-0.25, -0.2) is 0 Å². The first-order valence-corrected chi connectivity index (χ1v) is 8.87. The lowest BCUT2D eigenvalue weighted by Crippen LogP contribution is -2.39. The molecule has 0 radical (unpaired) electrons. The minimum absolute atomic E-state index is 0.0871. The van der Waals surface area contributed by atoms with Crippen molar-refractivity contribution in [1.29, 1.82) is 0 Å². The summed E-state index contributed by atoms with van der Waals surface area (Å²) in [5.74, 6) is 1.38. The summed E-state index contributed by atoms with van der Waals surface area (Å²) in [6.07, 6.45) is 2.08. The van der Waals surface area contributed by atoms with Gasteiger partial charge in [-0.15, -0.1) is 0 Å². The van der Waals surface area contributed by atoms with Crippen molar-refractivity contribution in [2.75, 3.05) is 32.2 Å². The smallest absolute Gasteiger partial charge is 0.159 e. The molecule has 2 aromatic carbocycles. The zero-order valence-corrected chi connectivity index (χ0v) is 15.1. The lowest BCUT2D eigenvalue weighted by Gasteiger charge is -2.36. The van der Waals surface area contributed by atoms with E-state index in [1.807, 2.05) is 18.2 Å². The SMILES string of the molecule is COC(OC)C1CCN(c2ccc(OCc3ccccc3)cc2)CC1. The Morgan fingerprint density at radius 2 is 1.56 bits per heavy atom. The zero-order chi connectivity index (χ0) is 17.5. The van der Waals surface area contributed by atoms with Crippen molar-refractivity contribution in [3.8, 4) is 5.75 Å². The van der Waals surface area contributed by atoms with Gasteiger partial charge < -0.3 is 19.1 Å². The first-order valence-electron chi connectivity index (χ1n) is 8.87. The van der Waals surface area contributed by atoms with Gasteiger partial charge in [0.2, 0.25) is 0 Å². The molecule has 1 aliphatic rings. The Hall–Kier alpha value is -2.04. The third-order valence-electron chi connectivity index (χ3n) is 4.84. The lowest BCUT2D eigenvalue weighted by atomic mass is 9.95. The van der Waals surface area contributed by atoms with Crippen LogP contribution in [0.4, 0.5) is 5.69 Å². The van der Waals surface area contributed by atoms with Crippen LogP contribution in [0.15, 0.2) is 54.6 Å². The molecule has 4 nitrogen and oxygen atoms in total. The van der Waals surface area contributed by atoms with Crippen LogP contribution < -0.4 is 9.64 Å². The van der Waals surface area contributed by atoms with Crippen molar-refractivity contribution in [3.63, 3.8) is 0 Å². The van der Waals surface area contributed by atoms with Crippen LogP contribution in [0.3, 0.4) is 0 Å². The number of anilines is 1. The number of hydrogen-bond donors (Lipinski definition) is 0. The Bertz CT molecular complexity index is 617. The largest absolute Gasteiger partial charge is 0.489 e. The minimum atomic E-state index is -0.0871. The van der Waals surface area contributed by atoms with Gasteiger partial charge in [-0.2, -0.15) is 0 Å². The maximum absolute atomic E-state index is 5.86. The molecule has 0 saturated carbocycles. The maximum Gasteiger partial charge on any atom is 0.159 e. The Morgan fingerprint density at radius 1 is 0.920 bits per heavy atom. The number of nitrogens with zero attached hydrogens (tertiary/aromatic N) is 1. The van der Waals surface area contributed by atoms with Gasteiger partial charge in [-0.05, 0) is 42.7 Å². The topological polar surface area (TPSA) is 30.9 Å². The highest BCUT2D eigenvalue weighted by atomic mass is 16.7. The van der Waals surface area contributed by atoms with E-state index < -0.39 is 0 Å². The summed E-state index contributed by atoms with van der Waals surface area (Å²) in [6.45, 7) is 2.65. The van der Waals surface area contributed by atoms with Crippen LogP contribution >= 0.6 is 0 Å². The molecule has 0 aliphatic carbocycles. The molecule has 4 heteroatoms. The van der Waals surface area contributed by atoms with Crippen LogP contribution in [0, 0.1) is 5.92 Å². The van der Waals surface area contributed by atoms with Gasteiger partial charge in [0, 0.05) is 38.9 Å². The molecule has 1 fully saturated rings. The molecule has 1 heterocycles. The normalized spacial score (nSPS) is 15.6. The van der Waals surface area contributed by atoms with Gasteiger partial charge in [0.05, 0.1) is 0 Å². The second kappa shape index (κ2) is 8.88. The first kappa shape index (κ1) is 17.8. The van der Waals surface area contributed by atoms with Gasteiger partial charge in [-0.1, -0.05) is 30.3 Å². The van der Waals surface area contributed by atoms with E-state index in [-0.39, 0.29) is 6.29 Å². The molecular weight excluding hydrogens is 314 g/mol. The summed E-state index contributed by atoms with van der Waals surface area (Å²) in [7, 11) is 3.43. The Labute approximate surface area is 150 Å². The molecule has 25 heavy (non-hydrogen) atoms. The molecule has 3 rings (SSSR count). The van der Waals surface area contributed by atoms with Gasteiger partial charge in [0.25, 0.3) is 0 Å². The summed E-state index contributed by atoms with van der Waals surface area (Å²) < 4.78 is 16.7. The van der Waals surface area contributed by atoms with Gasteiger partial charge in [-0.3, -0.25) is 0 Å². The number of piperidine rings is 1. The fraction of sp³-hybridized carbons (Fsp3) is 0.429. The molecule has 1 aliphatic heterocycles. The highest BCUT2D eigenvalue weighted by Gasteiger charge is 2.26. The molecule has 0 amide bonds. The van der Waals surface area contributed by atoms with Crippen molar-refractivity contribution in [1.82, 2.24) is 0 Å². The van der Waals surface area contributed by atoms with Crippen LogP contribution in [0.5, 0.6) is 5.75 Å². The molecule has 0 N–H and O–H groups in total. The molecule has 0 atom stereocenters. The zero-order valence-electron chi connectivity index (χ0n) is 15.1. The highest BCUT2D eigenvalue weighted by Crippen LogP contribution is 2.28. The molecule has 1 saturated heterocycles. The van der Waals surface area contributed by atoms with Crippen molar-refractivity contribution in [3.05, 3.63) is 60.2 Å². The first-order chi connectivity index (χ1) is 12.3. The molecule has 2 aromatic rings. The molecule has 0 spiro atoms. The predicted molar refractivity (Wildman–Crippen MR) is 100.0 cm³/mol. The van der Waals surface area contributed by atoms with Gasteiger partial charge in [0.15, 0.2) is 6.29 Å². The van der Waals surface area contributed by atoms with Crippen LogP contribution in [0.1, 0.15) is 18.4 Å². The Morgan fingerprint density at radius 3 is 2.16 bits per heavy atom. The number of methoxy groups -OCH3 is 2. The molecule has 0 unspecified atom stereocenters. The minimum Gasteiger partial charge on any atom is -0.489 e. The average Bonchev–Trinajstić information content (AvgIpc) is 2.69. The summed E-state index contributed by atoms with van der Waals surface area (Å²) in [5, 5.41) is 0. The third-order valence-corrected chi connectivity index (χ3v) is 4.84. The van der Waals surface area contributed by atoms with Crippen molar-refractivity contribution >= 4 is 5.69 Å². The van der Waals surface area contributed by atoms with Crippen molar-refractivity contribution in [2.45, 2.75) is 25.7 Å². The average molecular weight is 341 g/mol. The van der Waals surface area contributed by atoms with Crippen LogP contribution in [0.2, 0.25) is 0 Å². The van der Waals surface area contributed by atoms with E-state index in [9.17, 15) is 0 Å². The van der Waals surface area contributed by atoms with Gasteiger partial charge >= 0.3 is 0 Å². The summed E-state index contributed by atoms with van der Waals surface area (Å²) in [4.78, 5) is 2.42. The van der Waals surface area contributed by atoms with E-state index in [1.54, 1.807) is 14.2 Å². The van der Waals surface area contributed by atoms with E-state index >= 15 is 0 Å². The summed E-state index contributed by atoms with van der Waals surface area (Å²) >= 11 is 0. The summed E-state index contributed by atoms with van der Waals surface area (Å²) in [6, 6.07) is 18.6. The molecular formula is C21H27NO3. The molecule has 0 bridgehead atoms. The monoisotopic (exact) mass is 341 g/mol. The standard InChI is InChI=1S/C21H27NO3/c1-23-21(24-2)18-12-14-22(15-13-18)19-8-10-20(11-9-19)25-16-17-6-4-3-5-7-17/h3-11,18,21H,12-16H2,1-2H3. The third kappa shape index (κ3) is 4.74. The van der Waals surface area contributed by atoms with Crippen molar-refractivity contribution in [2.24, 2.45) is 5.92 Å². The fourth-order valence-electron chi connectivity index (χ4n) is 3.41. The maximum atomic E-state index is 5.86. The van der Waals surface area contributed by atoms with Crippen LogP contribution in [-0.4, -0.2) is 33.6 Å². The molecule has 0 aromatic heterocycles. The van der Waals surface area contributed by atoms with E-state index in [0.29, 0.717) is 12.5 Å². The Kier molecular flexibility index (Phi) is 6.31. The van der Waals surface area contributed by atoms with E-state index in [0.717, 1.165) is 31.7 Å². The van der Waals surface area contributed by atoms with E-state index in [2.05, 4.69) is 41.3 Å². The van der Waals surface area contributed by atoms with Gasteiger partial charge in [0.1, 0.15) is 12.4 Å². The van der Waals surface area contributed by atoms with Crippen LogP contribution in [0.25, 0.3) is 0 Å². The van der Waals surface area contributed by atoms with Crippen molar-refractivity contribution < 1.29 is 14.2 Å². The van der Waals surface area contributed by atoms with E-state index in [4.69, 9.17) is 14.2 Å². The fourth-order valence-corrected chi connectivity index (χ4v) is 3.41. The lowest BCUT2D eigenvalue weighted by molar-refractivity contribution is -0.141. The number of benzene rings is 2. The number of hydrogen-bond acceptors (Lipinski definition) is 4. The second-order valence-corrected chi connectivity index (χ2v) is 6.43. The number of ether oxygens (including phenoxy) is 3. The highest BCUT2D eigenvalue weighted by molar-refractivity contribution is 5.49. The summed E-state index contributed by atoms with van der Waals surface area (Å²) in [5.41, 5.74) is 2.43. The van der Waals surface area contributed by atoms with Crippen LogP contribution in [-0.2, 0) is 16.1 Å².